The molecular weight excluding hydrogens is 256 g/mol. The van der Waals surface area contributed by atoms with Crippen LogP contribution in [0.15, 0.2) is 0 Å². The average Bonchev–Trinajstić information content (AvgIpc) is 3.09. The normalized spacial score (nSPS) is 17.7. The Morgan fingerprint density at radius 2 is 2.16 bits per heavy atom. The van der Waals surface area contributed by atoms with Crippen LogP contribution in [0.1, 0.15) is 61.7 Å². The van der Waals surface area contributed by atoms with E-state index in [1.54, 1.807) is 7.11 Å². The first-order chi connectivity index (χ1) is 8.95. The topological polar surface area (TPSA) is 34.1 Å². The molecule has 0 radical (unpaired) electrons. The predicted molar refractivity (Wildman–Crippen MR) is 80.8 cm³/mol. The highest BCUT2D eigenvalue weighted by molar-refractivity contribution is 7.11. The van der Waals surface area contributed by atoms with Gasteiger partial charge in [0, 0.05) is 18.0 Å². The third-order valence-corrected chi connectivity index (χ3v) is 4.93. The summed E-state index contributed by atoms with van der Waals surface area (Å²) in [6.45, 7) is 8.65. The number of methoxy groups -OCH3 is 1. The summed E-state index contributed by atoms with van der Waals surface area (Å²) in [6, 6.07) is 1.01. The van der Waals surface area contributed by atoms with Crippen molar-refractivity contribution in [3.63, 3.8) is 0 Å². The van der Waals surface area contributed by atoms with Crippen molar-refractivity contribution in [2.75, 3.05) is 7.11 Å². The maximum atomic E-state index is 5.59. The predicted octanol–water partition coefficient (Wildman–Crippen LogP) is 3.62. The molecule has 1 saturated carbocycles. The van der Waals surface area contributed by atoms with Gasteiger partial charge >= 0.3 is 0 Å². The number of nitrogens with zero attached hydrogens (tertiary/aromatic N) is 1. The number of aromatic nitrogens is 1. The van der Waals surface area contributed by atoms with E-state index in [0.717, 1.165) is 12.8 Å². The fourth-order valence-electron chi connectivity index (χ4n) is 2.25. The van der Waals surface area contributed by atoms with Gasteiger partial charge in [0.15, 0.2) is 0 Å². The van der Waals surface area contributed by atoms with Crippen LogP contribution in [-0.2, 0) is 11.2 Å². The molecule has 0 aliphatic heterocycles. The molecule has 108 valence electrons. The maximum Gasteiger partial charge on any atom is 0.110 e. The fourth-order valence-corrected chi connectivity index (χ4v) is 3.33. The Labute approximate surface area is 120 Å². The number of hydrogen-bond acceptors (Lipinski definition) is 4. The molecule has 0 saturated heterocycles. The van der Waals surface area contributed by atoms with Crippen molar-refractivity contribution in [3.8, 4) is 0 Å². The van der Waals surface area contributed by atoms with Crippen molar-refractivity contribution in [2.45, 2.75) is 71.1 Å². The van der Waals surface area contributed by atoms with E-state index in [2.05, 4.69) is 33.0 Å². The minimum Gasteiger partial charge on any atom is -0.379 e. The summed E-state index contributed by atoms with van der Waals surface area (Å²) in [7, 11) is 1.79. The molecule has 4 heteroatoms. The number of hydrogen-bond donors (Lipinski definition) is 1. The van der Waals surface area contributed by atoms with Crippen LogP contribution in [-0.4, -0.2) is 23.7 Å². The van der Waals surface area contributed by atoms with Crippen molar-refractivity contribution in [3.05, 3.63) is 15.6 Å². The Bertz CT molecular complexity index is 424. The van der Waals surface area contributed by atoms with Crippen molar-refractivity contribution in [1.82, 2.24) is 10.3 Å². The van der Waals surface area contributed by atoms with Crippen LogP contribution < -0.4 is 5.32 Å². The molecule has 1 unspecified atom stereocenters. The average molecular weight is 282 g/mol. The second-order valence-corrected chi connectivity index (χ2v) is 7.30. The maximum absolute atomic E-state index is 5.59. The van der Waals surface area contributed by atoms with Crippen LogP contribution in [0.4, 0.5) is 0 Å². The van der Waals surface area contributed by atoms with E-state index in [-0.39, 0.29) is 5.60 Å². The van der Waals surface area contributed by atoms with Gasteiger partial charge < -0.3 is 10.1 Å². The molecule has 1 aromatic heterocycles. The lowest BCUT2D eigenvalue weighted by Gasteiger charge is -2.28. The quantitative estimate of drug-likeness (QED) is 0.829. The Balaban J connectivity index is 2.15. The lowest BCUT2D eigenvalue weighted by Crippen LogP contribution is -2.33. The molecule has 2 rings (SSSR count). The fraction of sp³-hybridized carbons (Fsp3) is 0.800. The van der Waals surface area contributed by atoms with E-state index in [9.17, 15) is 0 Å². The number of aryl methyl sites for hydroxylation is 2. The van der Waals surface area contributed by atoms with Crippen molar-refractivity contribution < 1.29 is 4.74 Å². The van der Waals surface area contributed by atoms with E-state index in [0.29, 0.717) is 12.1 Å². The number of rotatable bonds is 7. The van der Waals surface area contributed by atoms with E-state index >= 15 is 0 Å². The van der Waals surface area contributed by atoms with Crippen LogP contribution in [0.3, 0.4) is 0 Å². The lowest BCUT2D eigenvalue weighted by molar-refractivity contribution is 0.00663. The van der Waals surface area contributed by atoms with Gasteiger partial charge in [-0.05, 0) is 46.5 Å². The number of thiazole rings is 1. The summed E-state index contributed by atoms with van der Waals surface area (Å²) in [5.41, 5.74) is 1.14. The first kappa shape index (κ1) is 14.9. The molecule has 19 heavy (non-hydrogen) atoms. The summed E-state index contributed by atoms with van der Waals surface area (Å²) in [4.78, 5) is 6.19. The van der Waals surface area contributed by atoms with Crippen LogP contribution in [0.2, 0.25) is 0 Å². The molecule has 0 amide bonds. The van der Waals surface area contributed by atoms with Gasteiger partial charge in [-0.1, -0.05) is 6.92 Å². The first-order valence-corrected chi connectivity index (χ1v) is 8.04. The molecule has 3 nitrogen and oxygen atoms in total. The minimum absolute atomic E-state index is 0.113. The van der Waals surface area contributed by atoms with E-state index in [4.69, 9.17) is 9.72 Å². The monoisotopic (exact) mass is 282 g/mol. The van der Waals surface area contributed by atoms with Crippen molar-refractivity contribution in [2.24, 2.45) is 0 Å². The van der Waals surface area contributed by atoms with Gasteiger partial charge in [-0.2, -0.15) is 0 Å². The van der Waals surface area contributed by atoms with Crippen LogP contribution in [0.25, 0.3) is 0 Å². The zero-order chi connectivity index (χ0) is 14.0. The zero-order valence-electron chi connectivity index (χ0n) is 12.7. The molecule has 1 atom stereocenters. The van der Waals surface area contributed by atoms with Gasteiger partial charge in [-0.15, -0.1) is 11.3 Å². The van der Waals surface area contributed by atoms with E-state index < -0.39 is 0 Å². The molecule has 1 aliphatic carbocycles. The number of nitrogens with one attached hydrogen (secondary N) is 1. The molecule has 0 bridgehead atoms. The molecular formula is C15H26N2OS. The van der Waals surface area contributed by atoms with Crippen LogP contribution >= 0.6 is 11.3 Å². The molecule has 1 aromatic rings. The molecule has 1 aliphatic rings. The minimum atomic E-state index is -0.113. The highest BCUT2D eigenvalue weighted by Crippen LogP contribution is 2.33. The molecule has 1 fully saturated rings. The van der Waals surface area contributed by atoms with Gasteiger partial charge in [0.05, 0.1) is 17.3 Å². The number of ether oxygens (including phenoxy) is 1. The molecule has 0 spiro atoms. The highest BCUT2D eigenvalue weighted by atomic mass is 32.1. The van der Waals surface area contributed by atoms with Crippen molar-refractivity contribution in [1.29, 1.82) is 0 Å². The summed E-state index contributed by atoms with van der Waals surface area (Å²) in [5.74, 6) is 0. The molecule has 1 N–H and O–H groups in total. The molecule has 1 heterocycles. The van der Waals surface area contributed by atoms with Crippen molar-refractivity contribution >= 4 is 11.3 Å². The van der Waals surface area contributed by atoms with Gasteiger partial charge in [0.1, 0.15) is 5.01 Å². The highest BCUT2D eigenvalue weighted by Gasteiger charge is 2.31. The summed E-state index contributed by atoms with van der Waals surface area (Å²) in [6.07, 6.45) is 4.59. The Morgan fingerprint density at radius 1 is 1.47 bits per heavy atom. The zero-order valence-corrected chi connectivity index (χ0v) is 13.6. The van der Waals surface area contributed by atoms with E-state index in [1.165, 1.54) is 28.4 Å². The second-order valence-electron chi connectivity index (χ2n) is 6.07. The third kappa shape index (κ3) is 4.01. The standard InChI is InChI=1S/C15H26N2OS/c1-6-12-10(2)19-14(17-12)13(16-11-7-8-11)9-15(3,4)18-5/h11,13,16H,6-9H2,1-5H3. The van der Waals surface area contributed by atoms with Crippen LogP contribution in [0.5, 0.6) is 0 Å². The lowest BCUT2D eigenvalue weighted by atomic mass is 9.99. The summed E-state index contributed by atoms with van der Waals surface area (Å²) < 4.78 is 5.59. The van der Waals surface area contributed by atoms with Gasteiger partial charge in [-0.3, -0.25) is 0 Å². The van der Waals surface area contributed by atoms with Gasteiger partial charge in [0.2, 0.25) is 0 Å². The Hall–Kier alpha value is -0.450. The van der Waals surface area contributed by atoms with Gasteiger partial charge in [-0.25, -0.2) is 4.98 Å². The smallest absolute Gasteiger partial charge is 0.110 e. The molecule has 0 aromatic carbocycles. The first-order valence-electron chi connectivity index (χ1n) is 7.22. The second kappa shape index (κ2) is 5.90. The van der Waals surface area contributed by atoms with Gasteiger partial charge in [0.25, 0.3) is 0 Å². The summed E-state index contributed by atoms with van der Waals surface area (Å²) in [5, 5.41) is 4.96. The van der Waals surface area contributed by atoms with E-state index in [1.807, 2.05) is 11.3 Å². The Morgan fingerprint density at radius 3 is 2.63 bits per heavy atom. The van der Waals surface area contributed by atoms with Crippen LogP contribution in [0, 0.1) is 6.92 Å². The summed E-state index contributed by atoms with van der Waals surface area (Å²) >= 11 is 1.84. The largest absolute Gasteiger partial charge is 0.379 e. The Kier molecular flexibility index (Phi) is 4.64. The SMILES string of the molecule is CCc1nc(C(CC(C)(C)OC)NC2CC2)sc1C. The third-order valence-electron chi connectivity index (χ3n) is 3.80.